The van der Waals surface area contributed by atoms with Crippen LogP contribution in [0.15, 0.2) is 23.1 Å². The maximum atomic E-state index is 12.3. The van der Waals surface area contributed by atoms with Crippen LogP contribution in [-0.2, 0) is 11.3 Å². The van der Waals surface area contributed by atoms with Crippen molar-refractivity contribution in [3.05, 3.63) is 28.7 Å². The molecule has 1 heterocycles. The highest BCUT2D eigenvalue weighted by Gasteiger charge is 2.13. The smallest absolute Gasteiger partial charge is 0.292 e. The number of aromatic nitrogens is 1. The first-order valence-corrected chi connectivity index (χ1v) is 7.70. The molecular formula is C15H23N3O3S. The molecule has 0 radical (unpaired) electrons. The van der Waals surface area contributed by atoms with Crippen LogP contribution in [0.1, 0.15) is 20.8 Å². The lowest BCUT2D eigenvalue weighted by atomic mass is 10.2. The topological polar surface area (TPSA) is 77.6 Å². The highest BCUT2D eigenvalue weighted by molar-refractivity contribution is 7.80. The van der Waals surface area contributed by atoms with Gasteiger partial charge in [-0.25, -0.2) is 0 Å². The van der Waals surface area contributed by atoms with Gasteiger partial charge < -0.3 is 19.9 Å². The Morgan fingerprint density at radius 1 is 1.45 bits per heavy atom. The third kappa shape index (κ3) is 4.84. The lowest BCUT2D eigenvalue weighted by Gasteiger charge is -2.18. The van der Waals surface area contributed by atoms with E-state index >= 15 is 0 Å². The number of pyridine rings is 1. The van der Waals surface area contributed by atoms with Gasteiger partial charge in [0, 0.05) is 31.7 Å². The molecule has 2 N–H and O–H groups in total. The molecule has 22 heavy (non-hydrogen) atoms. The van der Waals surface area contributed by atoms with E-state index in [9.17, 15) is 9.59 Å². The van der Waals surface area contributed by atoms with Crippen LogP contribution in [-0.4, -0.2) is 40.1 Å². The SMILES string of the molecule is CCN(CC)C(=O)COc1cccn(CC(C)C(N)=S)c1=O. The van der Waals surface area contributed by atoms with Gasteiger partial charge in [0.15, 0.2) is 12.4 Å². The molecule has 1 rings (SSSR count). The van der Waals surface area contributed by atoms with Crippen molar-refractivity contribution < 1.29 is 9.53 Å². The van der Waals surface area contributed by atoms with E-state index < -0.39 is 0 Å². The van der Waals surface area contributed by atoms with Crippen molar-refractivity contribution in [2.24, 2.45) is 11.7 Å². The zero-order chi connectivity index (χ0) is 16.7. The van der Waals surface area contributed by atoms with E-state index in [4.69, 9.17) is 22.7 Å². The molecule has 0 aliphatic heterocycles. The van der Waals surface area contributed by atoms with Gasteiger partial charge in [-0.2, -0.15) is 0 Å². The molecule has 1 aromatic heterocycles. The molecule has 6 nitrogen and oxygen atoms in total. The molecule has 1 aromatic rings. The summed E-state index contributed by atoms with van der Waals surface area (Å²) in [5, 5.41) is 0. The third-order valence-corrected chi connectivity index (χ3v) is 3.81. The number of amides is 1. The van der Waals surface area contributed by atoms with Gasteiger partial charge in [-0.05, 0) is 26.0 Å². The van der Waals surface area contributed by atoms with Crippen LogP contribution in [0.2, 0.25) is 0 Å². The van der Waals surface area contributed by atoms with E-state index in [0.29, 0.717) is 24.6 Å². The minimum atomic E-state index is -0.294. The monoisotopic (exact) mass is 325 g/mol. The minimum Gasteiger partial charge on any atom is -0.478 e. The van der Waals surface area contributed by atoms with Gasteiger partial charge in [-0.1, -0.05) is 19.1 Å². The quantitative estimate of drug-likeness (QED) is 0.722. The summed E-state index contributed by atoms with van der Waals surface area (Å²) in [5.74, 6) is -0.0882. The van der Waals surface area contributed by atoms with E-state index in [1.807, 2.05) is 20.8 Å². The fourth-order valence-electron chi connectivity index (χ4n) is 1.96. The molecule has 1 amide bonds. The van der Waals surface area contributed by atoms with Crippen LogP contribution in [0.4, 0.5) is 0 Å². The maximum absolute atomic E-state index is 12.3. The Morgan fingerprint density at radius 3 is 2.64 bits per heavy atom. The van der Waals surface area contributed by atoms with Crippen LogP contribution >= 0.6 is 12.2 Å². The first-order valence-electron chi connectivity index (χ1n) is 7.30. The summed E-state index contributed by atoms with van der Waals surface area (Å²) < 4.78 is 6.86. The Kier molecular flexibility index (Phi) is 7.04. The third-order valence-electron chi connectivity index (χ3n) is 3.41. The van der Waals surface area contributed by atoms with E-state index in [0.717, 1.165) is 0 Å². The Hall–Kier alpha value is -1.89. The second kappa shape index (κ2) is 8.53. The number of thiocarbonyl (C=S) groups is 1. The average Bonchev–Trinajstić information content (AvgIpc) is 2.49. The van der Waals surface area contributed by atoms with Crippen molar-refractivity contribution in [1.82, 2.24) is 9.47 Å². The largest absolute Gasteiger partial charge is 0.478 e. The lowest BCUT2D eigenvalue weighted by Crippen LogP contribution is -2.35. The molecule has 0 aliphatic rings. The summed E-state index contributed by atoms with van der Waals surface area (Å²) >= 11 is 4.92. The zero-order valence-electron chi connectivity index (χ0n) is 13.2. The summed E-state index contributed by atoms with van der Waals surface area (Å²) in [7, 11) is 0. The first kappa shape index (κ1) is 18.2. The van der Waals surface area contributed by atoms with Crippen molar-refractivity contribution in [3.63, 3.8) is 0 Å². The summed E-state index contributed by atoms with van der Waals surface area (Å²) in [6.45, 7) is 7.11. The van der Waals surface area contributed by atoms with Crippen molar-refractivity contribution in [1.29, 1.82) is 0 Å². The summed E-state index contributed by atoms with van der Waals surface area (Å²) in [5.41, 5.74) is 5.28. The molecule has 0 saturated carbocycles. The number of likely N-dealkylation sites (N-methyl/N-ethyl adjacent to an activating group) is 1. The van der Waals surface area contributed by atoms with Gasteiger partial charge in [0.05, 0.1) is 4.99 Å². The van der Waals surface area contributed by atoms with Crippen LogP contribution in [0.3, 0.4) is 0 Å². The average molecular weight is 325 g/mol. The predicted molar refractivity (Wildman–Crippen MR) is 90.1 cm³/mol. The van der Waals surface area contributed by atoms with Gasteiger partial charge in [-0.3, -0.25) is 9.59 Å². The molecule has 0 bridgehead atoms. The molecule has 1 atom stereocenters. The van der Waals surface area contributed by atoms with Gasteiger partial charge in [0.25, 0.3) is 11.5 Å². The lowest BCUT2D eigenvalue weighted by molar-refractivity contribution is -0.133. The van der Waals surface area contributed by atoms with Crippen molar-refractivity contribution >= 4 is 23.1 Å². The van der Waals surface area contributed by atoms with Gasteiger partial charge in [0.1, 0.15) is 0 Å². The van der Waals surface area contributed by atoms with Crippen LogP contribution in [0, 0.1) is 5.92 Å². The van der Waals surface area contributed by atoms with Crippen LogP contribution in [0.25, 0.3) is 0 Å². The summed E-state index contributed by atoms with van der Waals surface area (Å²) in [6, 6.07) is 3.25. The molecule has 0 fully saturated rings. The highest BCUT2D eigenvalue weighted by Crippen LogP contribution is 2.05. The molecule has 7 heteroatoms. The van der Waals surface area contributed by atoms with Gasteiger partial charge >= 0.3 is 0 Å². The first-order chi connectivity index (χ1) is 10.4. The zero-order valence-corrected chi connectivity index (χ0v) is 14.1. The normalized spacial score (nSPS) is 11.8. The maximum Gasteiger partial charge on any atom is 0.292 e. The van der Waals surface area contributed by atoms with E-state index in [1.165, 1.54) is 4.57 Å². The second-order valence-electron chi connectivity index (χ2n) is 4.99. The highest BCUT2D eigenvalue weighted by atomic mass is 32.1. The fourth-order valence-corrected chi connectivity index (χ4v) is 2.04. The van der Waals surface area contributed by atoms with E-state index in [1.54, 1.807) is 23.2 Å². The number of rotatable bonds is 8. The number of hydrogen-bond acceptors (Lipinski definition) is 4. The van der Waals surface area contributed by atoms with Crippen LogP contribution in [0.5, 0.6) is 5.75 Å². The number of carbonyl (C=O) groups excluding carboxylic acids is 1. The number of nitrogens with two attached hydrogens (primary N) is 1. The fraction of sp³-hybridized carbons (Fsp3) is 0.533. The Morgan fingerprint density at radius 2 is 2.09 bits per heavy atom. The molecule has 0 aliphatic carbocycles. The van der Waals surface area contributed by atoms with Gasteiger partial charge in [-0.15, -0.1) is 0 Å². The standard InChI is InChI=1S/C15H23N3O3S/c1-4-17(5-2)13(19)10-21-12-7-6-8-18(15(12)20)9-11(3)14(16)22/h6-8,11H,4-5,9-10H2,1-3H3,(H2,16,22). The molecule has 0 aromatic carbocycles. The molecule has 0 saturated heterocycles. The van der Waals surface area contributed by atoms with Crippen molar-refractivity contribution in [2.45, 2.75) is 27.3 Å². The number of carbonyl (C=O) groups is 1. The Bertz CT molecular complexity index is 582. The predicted octanol–water partition coefficient (Wildman–Crippen LogP) is 1.02. The summed E-state index contributed by atoms with van der Waals surface area (Å²) in [4.78, 5) is 26.2. The van der Waals surface area contributed by atoms with Crippen molar-refractivity contribution in [2.75, 3.05) is 19.7 Å². The molecule has 122 valence electrons. The van der Waals surface area contributed by atoms with Crippen LogP contribution < -0.4 is 16.0 Å². The Labute approximate surface area is 135 Å². The minimum absolute atomic E-state index is 0.0970. The number of nitrogens with zero attached hydrogens (tertiary/aromatic N) is 2. The van der Waals surface area contributed by atoms with Gasteiger partial charge in [0.2, 0.25) is 0 Å². The molecule has 1 unspecified atom stereocenters. The number of ether oxygens (including phenoxy) is 1. The molecule has 0 spiro atoms. The second-order valence-corrected chi connectivity index (χ2v) is 5.46. The molecular weight excluding hydrogens is 302 g/mol. The Balaban J connectivity index is 2.79. The van der Waals surface area contributed by atoms with Crippen molar-refractivity contribution in [3.8, 4) is 5.75 Å². The summed E-state index contributed by atoms with van der Waals surface area (Å²) in [6.07, 6.45) is 1.65. The van der Waals surface area contributed by atoms with E-state index in [2.05, 4.69) is 0 Å². The number of hydrogen-bond donors (Lipinski definition) is 1. The van der Waals surface area contributed by atoms with E-state index in [-0.39, 0.29) is 29.7 Å².